The molecular formula is C16H19Cl2N3O2S. The number of hydrogen-bond acceptors (Lipinski definition) is 5. The summed E-state index contributed by atoms with van der Waals surface area (Å²) in [5.41, 5.74) is 0. The smallest absolute Gasteiger partial charge is 0.191 e. The molecule has 1 atom stereocenters. The Hall–Kier alpha value is -0.950. The molecule has 0 aliphatic heterocycles. The second-order valence-corrected chi connectivity index (χ2v) is 7.54. The van der Waals surface area contributed by atoms with Gasteiger partial charge in [0.1, 0.15) is 18.2 Å². The van der Waals surface area contributed by atoms with Crippen molar-refractivity contribution in [2.75, 3.05) is 12.4 Å². The van der Waals surface area contributed by atoms with E-state index in [0.717, 1.165) is 17.5 Å². The number of nitrogens with zero attached hydrogens (tertiary/aromatic N) is 3. The molecule has 0 spiro atoms. The van der Waals surface area contributed by atoms with Crippen molar-refractivity contribution >= 4 is 35.0 Å². The number of hydrogen-bond donors (Lipinski definition) is 1. The molecule has 3 rings (SSSR count). The Kier molecular flexibility index (Phi) is 5.92. The topological polar surface area (TPSA) is 60.2 Å². The van der Waals surface area contributed by atoms with Crippen molar-refractivity contribution in [1.29, 1.82) is 0 Å². The van der Waals surface area contributed by atoms with Gasteiger partial charge in [0.15, 0.2) is 5.16 Å². The van der Waals surface area contributed by atoms with E-state index in [4.69, 9.17) is 27.9 Å². The van der Waals surface area contributed by atoms with Crippen LogP contribution in [0.5, 0.6) is 5.75 Å². The highest BCUT2D eigenvalue weighted by atomic mass is 35.5. The van der Waals surface area contributed by atoms with Gasteiger partial charge in [0.25, 0.3) is 0 Å². The quantitative estimate of drug-likeness (QED) is 0.693. The van der Waals surface area contributed by atoms with Crippen molar-refractivity contribution in [2.24, 2.45) is 0 Å². The van der Waals surface area contributed by atoms with Gasteiger partial charge >= 0.3 is 0 Å². The van der Waals surface area contributed by atoms with Crippen LogP contribution in [0.1, 0.15) is 31.5 Å². The molecule has 8 heteroatoms. The van der Waals surface area contributed by atoms with Crippen LogP contribution < -0.4 is 4.74 Å². The molecule has 1 saturated carbocycles. The number of aliphatic hydroxyl groups excluding tert-OH is 1. The van der Waals surface area contributed by atoms with Gasteiger partial charge in [-0.15, -0.1) is 10.2 Å². The molecule has 24 heavy (non-hydrogen) atoms. The van der Waals surface area contributed by atoms with Crippen LogP contribution >= 0.6 is 35.0 Å². The monoisotopic (exact) mass is 387 g/mol. The second-order valence-electron chi connectivity index (χ2n) is 5.71. The first-order valence-corrected chi connectivity index (χ1v) is 9.64. The summed E-state index contributed by atoms with van der Waals surface area (Å²) in [4.78, 5) is 0. The molecule has 1 fully saturated rings. The van der Waals surface area contributed by atoms with E-state index in [1.165, 1.54) is 24.6 Å². The Bertz CT molecular complexity index is 707. The van der Waals surface area contributed by atoms with Crippen molar-refractivity contribution < 1.29 is 9.84 Å². The number of halogens is 2. The Labute approximate surface area is 155 Å². The maximum absolute atomic E-state index is 10.1. The fourth-order valence-electron chi connectivity index (χ4n) is 2.34. The van der Waals surface area contributed by atoms with Crippen molar-refractivity contribution in [2.45, 2.75) is 43.5 Å². The lowest BCUT2D eigenvalue weighted by Gasteiger charge is -2.13. The number of aromatic nitrogens is 3. The summed E-state index contributed by atoms with van der Waals surface area (Å²) in [5.74, 6) is 2.62. The van der Waals surface area contributed by atoms with Crippen LogP contribution in [0.4, 0.5) is 0 Å². The van der Waals surface area contributed by atoms with Gasteiger partial charge < -0.3 is 14.4 Å². The van der Waals surface area contributed by atoms with Crippen molar-refractivity contribution in [3.05, 3.63) is 34.1 Å². The minimum atomic E-state index is -0.631. The third kappa shape index (κ3) is 4.36. The highest BCUT2D eigenvalue weighted by Crippen LogP contribution is 2.40. The first-order chi connectivity index (χ1) is 11.6. The summed E-state index contributed by atoms with van der Waals surface area (Å²) in [6, 6.07) is 5.01. The SMILES string of the molecule is CCn1c(SCC(O)COc2ccc(Cl)cc2Cl)nnc1C1CC1. The van der Waals surface area contributed by atoms with E-state index in [2.05, 4.69) is 21.7 Å². The van der Waals surface area contributed by atoms with Crippen molar-refractivity contribution in [3.8, 4) is 5.75 Å². The Balaban J connectivity index is 1.51. The maximum Gasteiger partial charge on any atom is 0.191 e. The summed E-state index contributed by atoms with van der Waals surface area (Å²) in [6.07, 6.45) is 1.76. The van der Waals surface area contributed by atoms with Crippen LogP contribution in [-0.4, -0.2) is 38.3 Å². The molecule has 1 heterocycles. The van der Waals surface area contributed by atoms with Gasteiger partial charge in [-0.2, -0.15) is 0 Å². The molecule has 1 N–H and O–H groups in total. The van der Waals surface area contributed by atoms with E-state index in [0.29, 0.717) is 27.5 Å². The fourth-order valence-corrected chi connectivity index (χ4v) is 3.72. The van der Waals surface area contributed by atoms with E-state index < -0.39 is 6.10 Å². The third-order valence-corrected chi connectivity index (χ3v) is 5.38. The van der Waals surface area contributed by atoms with Crippen LogP contribution in [0, 0.1) is 0 Å². The normalized spacial score (nSPS) is 15.5. The minimum absolute atomic E-state index is 0.157. The van der Waals surface area contributed by atoms with Gasteiger partial charge in [-0.05, 0) is 38.0 Å². The average Bonchev–Trinajstić information content (AvgIpc) is 3.32. The lowest BCUT2D eigenvalue weighted by molar-refractivity contribution is 0.126. The number of aliphatic hydroxyl groups is 1. The molecule has 130 valence electrons. The van der Waals surface area contributed by atoms with Crippen LogP contribution in [0.25, 0.3) is 0 Å². The molecule has 1 aliphatic carbocycles. The molecule has 1 unspecified atom stereocenters. The molecule has 1 aromatic carbocycles. The number of rotatable bonds is 8. The highest BCUT2D eigenvalue weighted by molar-refractivity contribution is 7.99. The largest absolute Gasteiger partial charge is 0.489 e. The Morgan fingerprint density at radius 1 is 1.38 bits per heavy atom. The van der Waals surface area contributed by atoms with Gasteiger partial charge in [0.2, 0.25) is 0 Å². The number of benzene rings is 1. The van der Waals surface area contributed by atoms with Gasteiger partial charge in [0.05, 0.1) is 11.1 Å². The van der Waals surface area contributed by atoms with E-state index in [1.54, 1.807) is 18.2 Å². The third-order valence-electron chi connectivity index (χ3n) is 3.73. The van der Waals surface area contributed by atoms with Gasteiger partial charge in [0, 0.05) is 23.2 Å². The summed E-state index contributed by atoms with van der Waals surface area (Å²) >= 11 is 13.4. The van der Waals surface area contributed by atoms with Crippen molar-refractivity contribution in [3.63, 3.8) is 0 Å². The van der Waals surface area contributed by atoms with E-state index in [1.807, 2.05) is 0 Å². The van der Waals surface area contributed by atoms with Gasteiger partial charge in [-0.3, -0.25) is 0 Å². The molecule has 1 aromatic heterocycles. The first-order valence-electron chi connectivity index (χ1n) is 7.90. The molecule has 1 aliphatic rings. The lowest BCUT2D eigenvalue weighted by atomic mass is 10.3. The lowest BCUT2D eigenvalue weighted by Crippen LogP contribution is -2.20. The molecule has 0 amide bonds. The predicted molar refractivity (Wildman–Crippen MR) is 96.4 cm³/mol. The van der Waals surface area contributed by atoms with E-state index >= 15 is 0 Å². The van der Waals surface area contributed by atoms with E-state index in [9.17, 15) is 5.11 Å². The number of ether oxygens (including phenoxy) is 1. The predicted octanol–water partition coefficient (Wildman–Crippen LogP) is 4.01. The van der Waals surface area contributed by atoms with Crippen LogP contribution in [-0.2, 0) is 6.54 Å². The first kappa shape index (κ1) is 17.9. The fraction of sp³-hybridized carbons (Fsp3) is 0.500. The second kappa shape index (κ2) is 7.95. The molecule has 0 radical (unpaired) electrons. The van der Waals surface area contributed by atoms with Crippen LogP contribution in [0.2, 0.25) is 10.0 Å². The van der Waals surface area contributed by atoms with Gasteiger partial charge in [-0.1, -0.05) is 35.0 Å². The zero-order valence-corrected chi connectivity index (χ0v) is 15.6. The summed E-state index contributed by atoms with van der Waals surface area (Å²) in [6.45, 7) is 3.08. The van der Waals surface area contributed by atoms with Crippen LogP contribution in [0.3, 0.4) is 0 Å². The molecular weight excluding hydrogens is 369 g/mol. The number of thioether (sulfide) groups is 1. The maximum atomic E-state index is 10.1. The van der Waals surface area contributed by atoms with Crippen molar-refractivity contribution in [1.82, 2.24) is 14.8 Å². The molecule has 5 nitrogen and oxygen atoms in total. The molecule has 0 bridgehead atoms. The summed E-state index contributed by atoms with van der Waals surface area (Å²) in [5, 5.41) is 20.5. The van der Waals surface area contributed by atoms with Crippen LogP contribution in [0.15, 0.2) is 23.4 Å². The van der Waals surface area contributed by atoms with Gasteiger partial charge in [-0.25, -0.2) is 0 Å². The standard InChI is InChI=1S/C16H19Cl2N3O2S/c1-2-21-15(10-3-4-10)19-20-16(21)24-9-12(22)8-23-14-6-5-11(17)7-13(14)18/h5-7,10,12,22H,2-4,8-9H2,1H3. The summed E-state index contributed by atoms with van der Waals surface area (Å²) < 4.78 is 7.69. The zero-order valence-electron chi connectivity index (χ0n) is 13.3. The Morgan fingerprint density at radius 2 is 2.17 bits per heavy atom. The zero-order chi connectivity index (χ0) is 17.1. The molecule has 0 saturated heterocycles. The Morgan fingerprint density at radius 3 is 2.83 bits per heavy atom. The molecule has 2 aromatic rings. The summed E-state index contributed by atoms with van der Waals surface area (Å²) in [7, 11) is 0. The minimum Gasteiger partial charge on any atom is -0.489 e. The average molecular weight is 388 g/mol. The highest BCUT2D eigenvalue weighted by Gasteiger charge is 2.30. The van der Waals surface area contributed by atoms with E-state index in [-0.39, 0.29) is 6.61 Å².